The minimum atomic E-state index is -4.47. The largest absolute Gasteiger partial charge is 0.496 e. The molecule has 0 atom stereocenters. The molecule has 2 N–H and O–H groups in total. The first-order chi connectivity index (χ1) is 13.8. The van der Waals surface area contributed by atoms with Gasteiger partial charge in [0.25, 0.3) is 5.91 Å². The number of hydrogen-bond acceptors (Lipinski definition) is 4. The topological polar surface area (TPSA) is 76.7 Å². The summed E-state index contributed by atoms with van der Waals surface area (Å²) in [7, 11) is 1.54. The average Bonchev–Trinajstić information content (AvgIpc) is 2.70. The summed E-state index contributed by atoms with van der Waals surface area (Å²) >= 11 is 0. The van der Waals surface area contributed by atoms with Crippen molar-refractivity contribution in [1.82, 2.24) is 10.9 Å². The van der Waals surface area contributed by atoms with Crippen LogP contribution in [0.4, 0.5) is 18.0 Å². The third kappa shape index (κ3) is 7.21. The van der Waals surface area contributed by atoms with E-state index in [9.17, 15) is 22.8 Å². The fourth-order valence-electron chi connectivity index (χ4n) is 2.34. The van der Waals surface area contributed by atoms with Crippen LogP contribution >= 0.6 is 0 Å². The molecule has 0 radical (unpaired) electrons. The Kier molecular flexibility index (Phi) is 7.64. The van der Waals surface area contributed by atoms with E-state index in [1.165, 1.54) is 25.3 Å². The Balaban J connectivity index is 1.76. The van der Waals surface area contributed by atoms with Gasteiger partial charge in [-0.05, 0) is 35.4 Å². The Morgan fingerprint density at radius 3 is 2.55 bits per heavy atom. The van der Waals surface area contributed by atoms with Gasteiger partial charge in [-0.1, -0.05) is 30.3 Å². The smallest absolute Gasteiger partial charge is 0.426 e. The number of para-hydroxylation sites is 1. The van der Waals surface area contributed by atoms with Crippen LogP contribution in [0.3, 0.4) is 0 Å². The van der Waals surface area contributed by atoms with Gasteiger partial charge >= 0.3 is 12.3 Å². The highest BCUT2D eigenvalue weighted by molar-refractivity contribution is 5.92. The molecule has 0 bridgehead atoms. The van der Waals surface area contributed by atoms with Crippen molar-refractivity contribution in [3.63, 3.8) is 0 Å². The number of carbonyl (C=O) groups is 2. The zero-order valence-electron chi connectivity index (χ0n) is 15.5. The van der Waals surface area contributed by atoms with E-state index in [1.807, 2.05) is 23.6 Å². The number of hydrazine groups is 1. The maximum Gasteiger partial charge on any atom is 0.426 e. The molecule has 0 aromatic heterocycles. The van der Waals surface area contributed by atoms with Gasteiger partial charge in [0.05, 0.1) is 19.3 Å². The molecule has 0 aliphatic heterocycles. The maximum atomic E-state index is 12.7. The van der Waals surface area contributed by atoms with Gasteiger partial charge in [0.2, 0.25) is 0 Å². The van der Waals surface area contributed by atoms with E-state index in [1.54, 1.807) is 6.07 Å². The molecule has 0 fully saturated rings. The highest BCUT2D eigenvalue weighted by atomic mass is 19.4. The molecule has 2 aromatic carbocycles. The summed E-state index contributed by atoms with van der Waals surface area (Å²) < 4.78 is 48.1. The highest BCUT2D eigenvalue weighted by Crippen LogP contribution is 2.29. The van der Waals surface area contributed by atoms with Crippen LogP contribution in [0.1, 0.15) is 16.7 Å². The molecule has 0 saturated heterocycles. The van der Waals surface area contributed by atoms with E-state index in [0.717, 1.165) is 23.8 Å². The summed E-state index contributed by atoms with van der Waals surface area (Å²) in [6.07, 6.45) is -2.74. The Hall–Kier alpha value is -3.49. The summed E-state index contributed by atoms with van der Waals surface area (Å²) in [6, 6.07) is 11.7. The molecule has 0 unspecified atom stereocenters. The minimum absolute atomic E-state index is 0.0577. The predicted octanol–water partition coefficient (Wildman–Crippen LogP) is 3.73. The van der Waals surface area contributed by atoms with Crippen molar-refractivity contribution in [2.45, 2.75) is 12.6 Å². The van der Waals surface area contributed by atoms with Gasteiger partial charge in [-0.15, -0.1) is 0 Å². The Labute approximate surface area is 165 Å². The lowest BCUT2D eigenvalue weighted by Gasteiger charge is -2.09. The maximum absolute atomic E-state index is 12.7. The number of halogens is 3. The number of amides is 2. The number of alkyl halides is 3. The molecule has 0 heterocycles. The number of rotatable bonds is 6. The number of ether oxygens (including phenoxy) is 2. The van der Waals surface area contributed by atoms with Crippen molar-refractivity contribution < 1.29 is 32.2 Å². The Morgan fingerprint density at radius 1 is 1.07 bits per heavy atom. The molecular weight excluding hydrogens is 389 g/mol. The first-order valence-corrected chi connectivity index (χ1v) is 8.49. The Bertz CT molecular complexity index is 882. The Morgan fingerprint density at radius 2 is 1.83 bits per heavy atom. The normalized spacial score (nSPS) is 11.2. The second-order valence-electron chi connectivity index (χ2n) is 5.77. The predicted molar refractivity (Wildman–Crippen MR) is 99.8 cm³/mol. The van der Waals surface area contributed by atoms with Crippen molar-refractivity contribution in [2.75, 3.05) is 13.7 Å². The summed E-state index contributed by atoms with van der Waals surface area (Å²) in [4.78, 5) is 23.3. The van der Waals surface area contributed by atoms with Crippen LogP contribution in [-0.4, -0.2) is 25.7 Å². The van der Waals surface area contributed by atoms with Gasteiger partial charge in [-0.25, -0.2) is 10.2 Å². The molecule has 2 amide bonds. The molecular formula is C20H19F3N2O4. The van der Waals surface area contributed by atoms with Crippen LogP contribution in [0.2, 0.25) is 0 Å². The average molecular weight is 408 g/mol. The standard InChI is InChI=1S/C20H19F3N2O4/c1-28-17-8-3-2-6-15(17)11-12-29-19(27)25-24-18(26)10-9-14-5-4-7-16(13-14)20(21,22)23/h2-10,13H,11-12H2,1H3,(H,24,26)(H,25,27). The molecule has 6 nitrogen and oxygen atoms in total. The van der Waals surface area contributed by atoms with E-state index < -0.39 is 23.7 Å². The quantitative estimate of drug-likeness (QED) is 0.564. The van der Waals surface area contributed by atoms with Gasteiger partial charge in [0.15, 0.2) is 0 Å². The summed E-state index contributed by atoms with van der Waals surface area (Å²) in [6.45, 7) is 0.0577. The monoisotopic (exact) mass is 408 g/mol. The molecule has 2 rings (SSSR count). The van der Waals surface area contributed by atoms with E-state index in [2.05, 4.69) is 5.43 Å². The molecule has 0 saturated carbocycles. The van der Waals surface area contributed by atoms with Crippen LogP contribution in [-0.2, 0) is 22.1 Å². The van der Waals surface area contributed by atoms with Crippen LogP contribution in [0.25, 0.3) is 6.08 Å². The SMILES string of the molecule is COc1ccccc1CCOC(=O)NNC(=O)C=Cc1cccc(C(F)(F)F)c1. The van der Waals surface area contributed by atoms with E-state index in [4.69, 9.17) is 9.47 Å². The van der Waals surface area contributed by atoms with E-state index in [-0.39, 0.29) is 12.2 Å². The van der Waals surface area contributed by atoms with Crippen LogP contribution < -0.4 is 15.6 Å². The second-order valence-corrected chi connectivity index (χ2v) is 5.77. The van der Waals surface area contributed by atoms with Crippen molar-refractivity contribution in [2.24, 2.45) is 0 Å². The molecule has 0 aliphatic carbocycles. The zero-order valence-corrected chi connectivity index (χ0v) is 15.5. The number of hydrogen-bond donors (Lipinski definition) is 2. The van der Waals surface area contributed by atoms with Crippen molar-refractivity contribution in [3.05, 3.63) is 71.3 Å². The van der Waals surface area contributed by atoms with Gasteiger partial charge < -0.3 is 9.47 Å². The van der Waals surface area contributed by atoms with Gasteiger partial charge in [0, 0.05) is 12.5 Å². The summed E-state index contributed by atoms with van der Waals surface area (Å²) in [5.74, 6) is -0.0615. The molecule has 0 spiro atoms. The number of methoxy groups -OCH3 is 1. The third-order valence-corrected chi connectivity index (χ3v) is 3.73. The summed E-state index contributed by atoms with van der Waals surface area (Å²) in [5, 5.41) is 0. The van der Waals surface area contributed by atoms with Crippen molar-refractivity contribution >= 4 is 18.1 Å². The van der Waals surface area contributed by atoms with Gasteiger partial charge in [-0.2, -0.15) is 13.2 Å². The third-order valence-electron chi connectivity index (χ3n) is 3.73. The van der Waals surface area contributed by atoms with E-state index >= 15 is 0 Å². The molecule has 2 aromatic rings. The van der Waals surface area contributed by atoms with Crippen LogP contribution in [0.5, 0.6) is 5.75 Å². The first-order valence-electron chi connectivity index (χ1n) is 8.49. The lowest BCUT2D eigenvalue weighted by molar-refractivity contribution is -0.137. The fourth-order valence-corrected chi connectivity index (χ4v) is 2.34. The molecule has 29 heavy (non-hydrogen) atoms. The first kappa shape index (κ1) is 21.8. The minimum Gasteiger partial charge on any atom is -0.496 e. The lowest BCUT2D eigenvalue weighted by Crippen LogP contribution is -2.41. The van der Waals surface area contributed by atoms with E-state index in [0.29, 0.717) is 12.2 Å². The fraction of sp³-hybridized carbons (Fsp3) is 0.200. The van der Waals surface area contributed by atoms with Gasteiger partial charge in [-0.3, -0.25) is 10.2 Å². The molecule has 154 valence electrons. The van der Waals surface area contributed by atoms with Crippen LogP contribution in [0, 0.1) is 0 Å². The van der Waals surface area contributed by atoms with Crippen molar-refractivity contribution in [1.29, 1.82) is 0 Å². The molecule has 0 aliphatic rings. The van der Waals surface area contributed by atoms with Crippen LogP contribution in [0.15, 0.2) is 54.6 Å². The lowest BCUT2D eigenvalue weighted by atomic mass is 10.1. The van der Waals surface area contributed by atoms with Crippen molar-refractivity contribution in [3.8, 4) is 5.75 Å². The summed E-state index contributed by atoms with van der Waals surface area (Å²) in [5.41, 5.74) is 4.34. The zero-order chi connectivity index (χ0) is 21.3. The number of benzene rings is 2. The number of carbonyl (C=O) groups excluding carboxylic acids is 2. The highest BCUT2D eigenvalue weighted by Gasteiger charge is 2.30. The van der Waals surface area contributed by atoms with Gasteiger partial charge in [0.1, 0.15) is 5.75 Å². The second kappa shape index (κ2) is 10.2. The molecule has 9 heteroatoms. The number of nitrogens with one attached hydrogen (secondary N) is 2.